The molecule has 0 spiro atoms. The Hall–Kier alpha value is -1.55. The van der Waals surface area contributed by atoms with E-state index in [9.17, 15) is 14.9 Å². The smallest absolute Gasteiger partial charge is 0.349 e. The van der Waals surface area contributed by atoms with Crippen molar-refractivity contribution in [2.45, 2.75) is 6.92 Å². The molecule has 0 rings (SSSR count). The monoisotopic (exact) mass is 230 g/mol. The summed E-state index contributed by atoms with van der Waals surface area (Å²) in [6.07, 6.45) is 1.56. The van der Waals surface area contributed by atoms with Crippen molar-refractivity contribution in [1.29, 1.82) is 5.26 Å². The van der Waals surface area contributed by atoms with Crippen molar-refractivity contribution in [2.75, 3.05) is 19.4 Å². The molecule has 0 heterocycles. The van der Waals surface area contributed by atoms with Gasteiger partial charge in [-0.05, 0) is 13.2 Å². The summed E-state index contributed by atoms with van der Waals surface area (Å²) in [6, 6.07) is 1.62. The van der Waals surface area contributed by atoms with Gasteiger partial charge in [-0.15, -0.1) is 11.8 Å². The van der Waals surface area contributed by atoms with Crippen molar-refractivity contribution in [1.82, 2.24) is 0 Å². The fourth-order valence-electron chi connectivity index (χ4n) is 0.788. The molecule has 0 N–H and O–H groups in total. The molecule has 15 heavy (non-hydrogen) atoms. The summed E-state index contributed by atoms with van der Waals surface area (Å²) < 4.78 is 4.60. The maximum Gasteiger partial charge on any atom is 0.349 e. The molecule has 0 aliphatic rings. The highest BCUT2D eigenvalue weighted by molar-refractivity contribution is 8.02. The van der Waals surface area contributed by atoms with Crippen LogP contribution in [0.15, 0.2) is 10.5 Å². The van der Waals surface area contributed by atoms with Crippen LogP contribution in [0.3, 0.4) is 0 Å². The average Bonchev–Trinajstić information content (AvgIpc) is 2.17. The molecule has 0 fully saturated rings. The molecule has 7 heteroatoms. The molecule has 0 amide bonds. The topological polar surface area (TPSA) is 93.2 Å². The highest BCUT2D eigenvalue weighted by Crippen LogP contribution is 2.17. The lowest BCUT2D eigenvalue weighted by Gasteiger charge is -2.03. The van der Waals surface area contributed by atoms with Crippen LogP contribution in [0.2, 0.25) is 0 Å². The zero-order valence-corrected chi connectivity index (χ0v) is 9.17. The SMILES string of the molecule is CCOC(=O)/C(C#N)=C(\C[N+](=O)[O-])SC. The van der Waals surface area contributed by atoms with E-state index in [-0.39, 0.29) is 17.1 Å². The van der Waals surface area contributed by atoms with Crippen LogP contribution in [0, 0.1) is 21.4 Å². The minimum atomic E-state index is -0.814. The number of hydrogen-bond acceptors (Lipinski definition) is 6. The maximum absolute atomic E-state index is 11.2. The third-order valence-electron chi connectivity index (χ3n) is 1.39. The van der Waals surface area contributed by atoms with Gasteiger partial charge in [0.05, 0.1) is 11.5 Å². The largest absolute Gasteiger partial charge is 0.462 e. The minimum absolute atomic E-state index is 0.112. The second-order valence-electron chi connectivity index (χ2n) is 2.33. The van der Waals surface area contributed by atoms with Crippen molar-refractivity contribution in [2.24, 2.45) is 0 Å². The standard InChI is InChI=1S/C8H10N2O4S/c1-3-14-8(11)6(4-9)7(15-2)5-10(12)13/h3,5H2,1-2H3/b7-6+. The Morgan fingerprint density at radius 3 is 2.60 bits per heavy atom. The first-order chi connectivity index (χ1) is 7.06. The second-order valence-corrected chi connectivity index (χ2v) is 3.23. The molecule has 0 unspecified atom stereocenters. The first-order valence-corrected chi connectivity index (χ1v) is 5.25. The van der Waals surface area contributed by atoms with Gasteiger partial charge in [-0.2, -0.15) is 5.26 Å². The second kappa shape index (κ2) is 6.84. The Morgan fingerprint density at radius 1 is 1.67 bits per heavy atom. The Morgan fingerprint density at radius 2 is 2.27 bits per heavy atom. The molecule has 0 aromatic heterocycles. The Labute approximate surface area is 91.0 Å². The summed E-state index contributed by atoms with van der Waals surface area (Å²) in [5.41, 5.74) is -0.291. The number of rotatable bonds is 5. The molecular weight excluding hydrogens is 220 g/mol. The van der Waals surface area contributed by atoms with Crippen LogP contribution in [-0.2, 0) is 9.53 Å². The molecule has 6 nitrogen and oxygen atoms in total. The number of nitro groups is 1. The summed E-state index contributed by atoms with van der Waals surface area (Å²) in [6.45, 7) is 1.19. The van der Waals surface area contributed by atoms with Crippen LogP contribution in [0.1, 0.15) is 6.92 Å². The van der Waals surface area contributed by atoms with Crippen molar-refractivity contribution in [3.63, 3.8) is 0 Å². The van der Waals surface area contributed by atoms with Gasteiger partial charge in [-0.1, -0.05) is 0 Å². The quantitative estimate of drug-likeness (QED) is 0.229. The lowest BCUT2D eigenvalue weighted by Crippen LogP contribution is -2.12. The Balaban J connectivity index is 4.99. The molecule has 82 valence electrons. The van der Waals surface area contributed by atoms with Gasteiger partial charge in [0.15, 0.2) is 5.57 Å². The predicted octanol–water partition coefficient (Wildman–Crippen LogP) is 0.967. The number of nitriles is 1. The van der Waals surface area contributed by atoms with E-state index in [4.69, 9.17) is 5.26 Å². The van der Waals surface area contributed by atoms with Crippen molar-refractivity contribution in [3.8, 4) is 6.07 Å². The van der Waals surface area contributed by atoms with E-state index in [1.807, 2.05) is 0 Å². The molecule has 0 aliphatic heterocycles. The highest BCUT2D eigenvalue weighted by atomic mass is 32.2. The number of thioether (sulfide) groups is 1. The first-order valence-electron chi connectivity index (χ1n) is 4.02. The van der Waals surface area contributed by atoms with Crippen molar-refractivity contribution >= 4 is 17.7 Å². The summed E-state index contributed by atoms with van der Waals surface area (Å²) in [5.74, 6) is -0.814. The van der Waals surface area contributed by atoms with Gasteiger partial charge < -0.3 is 4.74 Å². The molecule has 0 saturated carbocycles. The zero-order valence-electron chi connectivity index (χ0n) is 8.35. The maximum atomic E-state index is 11.2. The molecular formula is C8H10N2O4S. The van der Waals surface area contributed by atoms with Gasteiger partial charge >= 0.3 is 5.97 Å². The fraction of sp³-hybridized carbons (Fsp3) is 0.500. The van der Waals surface area contributed by atoms with E-state index in [1.54, 1.807) is 19.2 Å². The number of carbonyl (C=O) groups excluding carboxylic acids is 1. The normalized spacial score (nSPS) is 11.3. The highest BCUT2D eigenvalue weighted by Gasteiger charge is 2.19. The molecule has 0 aromatic carbocycles. The number of hydrogen-bond donors (Lipinski definition) is 0. The molecule has 0 radical (unpaired) electrons. The number of esters is 1. The van der Waals surface area contributed by atoms with Gasteiger partial charge in [-0.25, -0.2) is 4.79 Å². The van der Waals surface area contributed by atoms with Crippen LogP contribution in [0.4, 0.5) is 0 Å². The molecule has 0 atom stereocenters. The number of nitrogens with zero attached hydrogens (tertiary/aromatic N) is 2. The van der Waals surface area contributed by atoms with Gasteiger partial charge in [0.2, 0.25) is 6.54 Å². The first kappa shape index (κ1) is 13.4. The third-order valence-corrected chi connectivity index (χ3v) is 2.22. The van der Waals surface area contributed by atoms with E-state index in [1.165, 1.54) is 0 Å². The Kier molecular flexibility index (Phi) is 6.13. The zero-order chi connectivity index (χ0) is 11.8. The van der Waals surface area contributed by atoms with E-state index >= 15 is 0 Å². The van der Waals surface area contributed by atoms with Gasteiger partial charge in [0.25, 0.3) is 0 Å². The van der Waals surface area contributed by atoms with E-state index < -0.39 is 17.4 Å². The lowest BCUT2D eigenvalue weighted by molar-refractivity contribution is -0.469. The van der Waals surface area contributed by atoms with E-state index in [2.05, 4.69) is 4.74 Å². The summed E-state index contributed by atoms with van der Waals surface area (Å²) in [5, 5.41) is 19.0. The summed E-state index contributed by atoms with van der Waals surface area (Å²) in [7, 11) is 0. The van der Waals surface area contributed by atoms with E-state index in [0.717, 1.165) is 11.8 Å². The van der Waals surface area contributed by atoms with Crippen LogP contribution in [-0.4, -0.2) is 30.3 Å². The predicted molar refractivity (Wildman–Crippen MR) is 54.6 cm³/mol. The average molecular weight is 230 g/mol. The molecule has 0 aliphatic carbocycles. The summed E-state index contributed by atoms with van der Waals surface area (Å²) in [4.78, 5) is 21.0. The van der Waals surface area contributed by atoms with Crippen LogP contribution >= 0.6 is 11.8 Å². The lowest BCUT2D eigenvalue weighted by atomic mass is 10.3. The molecule has 0 bridgehead atoms. The van der Waals surface area contributed by atoms with Gasteiger partial charge in [-0.3, -0.25) is 10.1 Å². The van der Waals surface area contributed by atoms with Crippen molar-refractivity contribution in [3.05, 3.63) is 20.6 Å². The van der Waals surface area contributed by atoms with Crippen LogP contribution in [0.25, 0.3) is 0 Å². The summed E-state index contributed by atoms with van der Waals surface area (Å²) >= 11 is 1.000. The van der Waals surface area contributed by atoms with Crippen LogP contribution < -0.4 is 0 Å². The van der Waals surface area contributed by atoms with E-state index in [0.29, 0.717) is 0 Å². The minimum Gasteiger partial charge on any atom is -0.462 e. The third kappa shape index (κ3) is 4.46. The number of ether oxygens (including phenoxy) is 1. The molecule has 0 aromatic rings. The van der Waals surface area contributed by atoms with Crippen LogP contribution in [0.5, 0.6) is 0 Å². The fourth-order valence-corrected chi connectivity index (χ4v) is 1.36. The molecule has 0 saturated heterocycles. The van der Waals surface area contributed by atoms with Gasteiger partial charge in [0.1, 0.15) is 6.07 Å². The Bertz CT molecular complexity index is 332. The van der Waals surface area contributed by atoms with Gasteiger partial charge in [0, 0.05) is 4.92 Å². The van der Waals surface area contributed by atoms with Crippen molar-refractivity contribution < 1.29 is 14.5 Å². The number of carbonyl (C=O) groups is 1.